The maximum atomic E-state index is 3.66. The number of rotatable bonds is 4. The second-order valence-corrected chi connectivity index (χ2v) is 5.09. The summed E-state index contributed by atoms with van der Waals surface area (Å²) in [6.45, 7) is 3.56. The highest BCUT2D eigenvalue weighted by atomic mass is 14.9. The summed E-state index contributed by atoms with van der Waals surface area (Å²) in [6.07, 6.45) is 12.1. The third kappa shape index (κ3) is 2.84. The van der Waals surface area contributed by atoms with Gasteiger partial charge < -0.3 is 5.32 Å². The second kappa shape index (κ2) is 4.97. The number of nitrogens with one attached hydrogen (secondary N) is 1. The SMILES string of the molecule is CC1CC(NCCC2=CCCCC2)C1. The molecular weight excluding hydrogens is 170 g/mol. The maximum absolute atomic E-state index is 3.66. The fraction of sp³-hybridized carbons (Fsp3) is 0.846. The minimum Gasteiger partial charge on any atom is -0.314 e. The minimum atomic E-state index is 0.842. The molecule has 0 aliphatic heterocycles. The van der Waals surface area contributed by atoms with E-state index in [0.29, 0.717) is 0 Å². The Morgan fingerprint density at radius 3 is 2.86 bits per heavy atom. The molecule has 1 heteroatoms. The molecule has 0 aromatic heterocycles. The van der Waals surface area contributed by atoms with Crippen LogP contribution in [0.15, 0.2) is 11.6 Å². The van der Waals surface area contributed by atoms with E-state index in [1.54, 1.807) is 5.57 Å². The predicted molar refractivity (Wildman–Crippen MR) is 61.4 cm³/mol. The zero-order valence-electron chi connectivity index (χ0n) is 9.39. The molecule has 1 N–H and O–H groups in total. The van der Waals surface area contributed by atoms with E-state index >= 15 is 0 Å². The van der Waals surface area contributed by atoms with Crippen molar-refractivity contribution in [3.05, 3.63) is 11.6 Å². The lowest BCUT2D eigenvalue weighted by molar-refractivity contribution is 0.243. The monoisotopic (exact) mass is 193 g/mol. The molecule has 0 atom stereocenters. The van der Waals surface area contributed by atoms with Crippen LogP contribution >= 0.6 is 0 Å². The van der Waals surface area contributed by atoms with Crippen molar-refractivity contribution >= 4 is 0 Å². The smallest absolute Gasteiger partial charge is 0.00722 e. The molecular formula is C13H23N. The van der Waals surface area contributed by atoms with Gasteiger partial charge in [0.1, 0.15) is 0 Å². The maximum Gasteiger partial charge on any atom is 0.00722 e. The molecule has 14 heavy (non-hydrogen) atoms. The van der Waals surface area contributed by atoms with E-state index in [9.17, 15) is 0 Å². The van der Waals surface area contributed by atoms with Crippen molar-refractivity contribution in [1.82, 2.24) is 5.32 Å². The van der Waals surface area contributed by atoms with E-state index in [1.165, 1.54) is 51.5 Å². The first-order valence-corrected chi connectivity index (χ1v) is 6.26. The Hall–Kier alpha value is -0.300. The topological polar surface area (TPSA) is 12.0 Å². The Labute approximate surface area is 88.0 Å². The third-order valence-corrected chi connectivity index (χ3v) is 3.64. The number of hydrogen-bond donors (Lipinski definition) is 1. The van der Waals surface area contributed by atoms with Crippen molar-refractivity contribution in [2.75, 3.05) is 6.54 Å². The van der Waals surface area contributed by atoms with E-state index < -0.39 is 0 Å². The normalized spacial score (nSPS) is 32.2. The van der Waals surface area contributed by atoms with Crippen molar-refractivity contribution in [1.29, 1.82) is 0 Å². The van der Waals surface area contributed by atoms with Crippen LogP contribution in [0.2, 0.25) is 0 Å². The van der Waals surface area contributed by atoms with Gasteiger partial charge in [0.25, 0.3) is 0 Å². The molecule has 2 aliphatic carbocycles. The summed E-state index contributed by atoms with van der Waals surface area (Å²) in [5.74, 6) is 0.974. The lowest BCUT2D eigenvalue weighted by Crippen LogP contribution is -2.40. The van der Waals surface area contributed by atoms with Crippen molar-refractivity contribution in [2.24, 2.45) is 5.92 Å². The summed E-state index contributed by atoms with van der Waals surface area (Å²) in [4.78, 5) is 0. The molecule has 1 fully saturated rings. The molecule has 1 nitrogen and oxygen atoms in total. The van der Waals surface area contributed by atoms with Crippen LogP contribution in [0.25, 0.3) is 0 Å². The molecule has 0 radical (unpaired) electrons. The van der Waals surface area contributed by atoms with Crippen molar-refractivity contribution in [3.8, 4) is 0 Å². The first-order valence-electron chi connectivity index (χ1n) is 6.26. The lowest BCUT2D eigenvalue weighted by atomic mass is 9.82. The van der Waals surface area contributed by atoms with Gasteiger partial charge in [-0.1, -0.05) is 18.6 Å². The molecule has 1 saturated carbocycles. The van der Waals surface area contributed by atoms with E-state index in [-0.39, 0.29) is 0 Å². The zero-order valence-corrected chi connectivity index (χ0v) is 9.39. The van der Waals surface area contributed by atoms with Gasteiger partial charge in [0.2, 0.25) is 0 Å². The van der Waals surface area contributed by atoms with Gasteiger partial charge in [0, 0.05) is 6.04 Å². The van der Waals surface area contributed by atoms with Crippen LogP contribution in [0.3, 0.4) is 0 Å². The molecule has 2 rings (SSSR count). The van der Waals surface area contributed by atoms with Gasteiger partial charge in [-0.15, -0.1) is 0 Å². The van der Waals surface area contributed by atoms with E-state index in [1.807, 2.05) is 0 Å². The van der Waals surface area contributed by atoms with Gasteiger partial charge in [0.15, 0.2) is 0 Å². The Kier molecular flexibility index (Phi) is 3.63. The molecule has 2 aliphatic rings. The molecule has 0 bridgehead atoms. The van der Waals surface area contributed by atoms with Gasteiger partial charge in [-0.05, 0) is 57.4 Å². The van der Waals surface area contributed by atoms with Crippen LogP contribution in [-0.4, -0.2) is 12.6 Å². The molecule has 0 aromatic rings. The molecule has 0 saturated heterocycles. The van der Waals surface area contributed by atoms with Crippen molar-refractivity contribution in [2.45, 2.75) is 57.9 Å². The molecule has 80 valence electrons. The number of hydrogen-bond acceptors (Lipinski definition) is 1. The summed E-state index contributed by atoms with van der Waals surface area (Å²) in [7, 11) is 0. The molecule has 0 amide bonds. The van der Waals surface area contributed by atoms with Crippen LogP contribution in [0, 0.1) is 5.92 Å². The quantitative estimate of drug-likeness (QED) is 0.676. The summed E-state index contributed by atoms with van der Waals surface area (Å²) in [5.41, 5.74) is 1.70. The van der Waals surface area contributed by atoms with Gasteiger partial charge in [-0.25, -0.2) is 0 Å². The third-order valence-electron chi connectivity index (χ3n) is 3.64. The minimum absolute atomic E-state index is 0.842. The highest BCUT2D eigenvalue weighted by molar-refractivity contribution is 5.05. The Morgan fingerprint density at radius 1 is 1.36 bits per heavy atom. The van der Waals surface area contributed by atoms with E-state index in [2.05, 4.69) is 18.3 Å². The summed E-state index contributed by atoms with van der Waals surface area (Å²) >= 11 is 0. The second-order valence-electron chi connectivity index (χ2n) is 5.09. The summed E-state index contributed by atoms with van der Waals surface area (Å²) in [6, 6.07) is 0.842. The van der Waals surface area contributed by atoms with E-state index in [0.717, 1.165) is 12.0 Å². The molecule has 0 aromatic carbocycles. The summed E-state index contributed by atoms with van der Waals surface area (Å²) < 4.78 is 0. The van der Waals surface area contributed by atoms with E-state index in [4.69, 9.17) is 0 Å². The Balaban J connectivity index is 1.56. The van der Waals surface area contributed by atoms with Crippen LogP contribution < -0.4 is 5.32 Å². The van der Waals surface area contributed by atoms with Crippen molar-refractivity contribution < 1.29 is 0 Å². The first kappa shape index (κ1) is 10.2. The molecule has 0 unspecified atom stereocenters. The highest BCUT2D eigenvalue weighted by Gasteiger charge is 2.24. The largest absolute Gasteiger partial charge is 0.314 e. The highest BCUT2D eigenvalue weighted by Crippen LogP contribution is 2.26. The van der Waals surface area contributed by atoms with Gasteiger partial charge in [-0.2, -0.15) is 0 Å². The first-order chi connectivity index (χ1) is 6.84. The van der Waals surface area contributed by atoms with Gasteiger partial charge in [0.05, 0.1) is 0 Å². The van der Waals surface area contributed by atoms with Crippen LogP contribution in [-0.2, 0) is 0 Å². The fourth-order valence-electron chi connectivity index (χ4n) is 2.64. The average molecular weight is 193 g/mol. The standard InChI is InChI=1S/C13H23N/c1-11-9-13(10-11)14-8-7-12-5-3-2-4-6-12/h5,11,13-14H,2-4,6-10H2,1H3. The Bertz CT molecular complexity index is 201. The molecule has 0 spiro atoms. The van der Waals surface area contributed by atoms with Crippen LogP contribution in [0.5, 0.6) is 0 Å². The number of allylic oxidation sites excluding steroid dienone is 1. The lowest BCUT2D eigenvalue weighted by Gasteiger charge is -2.33. The summed E-state index contributed by atoms with van der Waals surface area (Å²) in [5, 5.41) is 3.66. The van der Waals surface area contributed by atoms with Crippen LogP contribution in [0.1, 0.15) is 51.9 Å². The van der Waals surface area contributed by atoms with Gasteiger partial charge >= 0.3 is 0 Å². The fourth-order valence-corrected chi connectivity index (χ4v) is 2.64. The van der Waals surface area contributed by atoms with Gasteiger partial charge in [-0.3, -0.25) is 0 Å². The zero-order chi connectivity index (χ0) is 9.80. The molecule has 0 heterocycles. The predicted octanol–water partition coefficient (Wildman–Crippen LogP) is 3.27. The Morgan fingerprint density at radius 2 is 2.21 bits per heavy atom. The average Bonchev–Trinajstić information content (AvgIpc) is 2.17. The van der Waals surface area contributed by atoms with Crippen molar-refractivity contribution in [3.63, 3.8) is 0 Å². The van der Waals surface area contributed by atoms with Crippen LogP contribution in [0.4, 0.5) is 0 Å².